The van der Waals surface area contributed by atoms with E-state index >= 15 is 0 Å². The van der Waals surface area contributed by atoms with Crippen LogP contribution >= 0.6 is 0 Å². The van der Waals surface area contributed by atoms with E-state index in [1.165, 1.54) is 141 Å². The van der Waals surface area contributed by atoms with Gasteiger partial charge >= 0.3 is 10.4 Å². The van der Waals surface area contributed by atoms with Crippen LogP contribution < -0.4 is 5.32 Å². The molecule has 1 heterocycles. The predicted octanol–water partition coefficient (Wildman–Crippen LogP) is 11.4. The number of aliphatic hydroxyl groups excluding tert-OH is 5. The zero-order valence-corrected chi connectivity index (χ0v) is 44.1. The molecule has 0 aliphatic carbocycles. The molecule has 0 aromatic carbocycles. The highest BCUT2D eigenvalue weighted by atomic mass is 32.3. The smallest absolute Gasteiger partial charge is 0.394 e. The molecule has 14 heteroatoms. The van der Waals surface area contributed by atoms with Crippen molar-refractivity contribution in [3.05, 3.63) is 48.6 Å². The minimum atomic E-state index is -5.13. The molecule has 69 heavy (non-hydrogen) atoms. The van der Waals surface area contributed by atoms with Gasteiger partial charge < -0.3 is 40.3 Å². The van der Waals surface area contributed by atoms with E-state index in [-0.39, 0.29) is 6.42 Å². The van der Waals surface area contributed by atoms with Gasteiger partial charge in [0.05, 0.1) is 25.4 Å². The van der Waals surface area contributed by atoms with Crippen molar-refractivity contribution in [3.8, 4) is 0 Å². The first-order chi connectivity index (χ1) is 33.4. The Balaban J connectivity index is 2.50. The third-order valence-corrected chi connectivity index (χ3v) is 13.4. The van der Waals surface area contributed by atoms with Crippen LogP contribution in [0, 0.1) is 0 Å². The number of unbranched alkanes of at least 4 members (excludes halogenated alkanes) is 28. The standard InChI is InChI=1S/C55H101NO12S/c1-3-5-7-9-11-13-15-17-19-21-23-24-25-26-28-30-32-34-36-38-40-42-44-49(59)54(62)56-47(46-66-55-52(61)53(68-69(63,64)65)51(60)50(45-57)67-55)48(58)43-41-39-37-35-33-31-29-27-22-20-18-16-14-12-10-8-6-4-2/h23-24,26,28,33,35,41,43,47-53,55,57-61H,3-22,25,27,29-32,34,36-40,42,44-46H2,1-2H3,(H,56,62)(H,63,64,65)/b24-23-,28-26-,35-33+,43-41+. The Morgan fingerprint density at radius 3 is 1.48 bits per heavy atom. The lowest BCUT2D eigenvalue weighted by Gasteiger charge is -2.41. The Morgan fingerprint density at radius 1 is 0.594 bits per heavy atom. The molecule has 1 amide bonds. The van der Waals surface area contributed by atoms with Gasteiger partial charge in [-0.25, -0.2) is 4.18 Å². The maximum Gasteiger partial charge on any atom is 0.397 e. The van der Waals surface area contributed by atoms with Crippen molar-refractivity contribution in [3.63, 3.8) is 0 Å². The summed E-state index contributed by atoms with van der Waals surface area (Å²) in [6, 6.07) is -1.14. The van der Waals surface area contributed by atoms with Crippen LogP contribution in [0.3, 0.4) is 0 Å². The van der Waals surface area contributed by atoms with Gasteiger partial charge in [-0.3, -0.25) is 9.35 Å². The average molecular weight is 1000 g/mol. The maximum absolute atomic E-state index is 13.2. The second-order valence-electron chi connectivity index (χ2n) is 19.3. The van der Waals surface area contributed by atoms with Crippen molar-refractivity contribution in [2.24, 2.45) is 0 Å². The van der Waals surface area contributed by atoms with E-state index in [2.05, 4.69) is 59.8 Å². The summed E-state index contributed by atoms with van der Waals surface area (Å²) in [6.07, 6.45) is 44.7. The SMILES string of the molecule is CCCCCCCCCCC/C=C\C/C=C\CCCCCCCCC(O)C(=O)NC(COC1OC(CO)C(O)C(OS(=O)(=O)O)C1O)C(O)/C=C/CC/C=C/CCCCCCCCCCCCCC. The van der Waals surface area contributed by atoms with Crippen LogP contribution in [0.4, 0.5) is 0 Å². The molecule has 0 spiro atoms. The average Bonchev–Trinajstić information content (AvgIpc) is 3.32. The summed E-state index contributed by atoms with van der Waals surface area (Å²) in [5.74, 6) is -0.719. The summed E-state index contributed by atoms with van der Waals surface area (Å²) in [5.41, 5.74) is 0. The Bertz CT molecular complexity index is 1420. The lowest BCUT2D eigenvalue weighted by atomic mass is 9.99. The minimum Gasteiger partial charge on any atom is -0.394 e. The molecule has 0 saturated carbocycles. The third-order valence-electron chi connectivity index (χ3n) is 12.9. The quantitative estimate of drug-likeness (QED) is 0.0172. The molecule has 1 rings (SSSR count). The lowest BCUT2D eigenvalue weighted by molar-refractivity contribution is -0.298. The number of nitrogens with one attached hydrogen (secondary N) is 1. The van der Waals surface area contributed by atoms with Crippen molar-refractivity contribution < 1.29 is 57.0 Å². The molecule has 1 saturated heterocycles. The lowest BCUT2D eigenvalue weighted by Crippen LogP contribution is -2.61. The third kappa shape index (κ3) is 36.6. The van der Waals surface area contributed by atoms with Crippen LogP contribution in [-0.4, -0.2) is 107 Å². The molecule has 0 aromatic rings. The highest BCUT2D eigenvalue weighted by Gasteiger charge is 2.48. The number of amides is 1. The topological polar surface area (TPSA) is 212 Å². The van der Waals surface area contributed by atoms with Gasteiger partial charge in [0.2, 0.25) is 5.91 Å². The molecule has 404 valence electrons. The number of allylic oxidation sites excluding steroid dienone is 7. The fourth-order valence-electron chi connectivity index (χ4n) is 8.57. The van der Waals surface area contributed by atoms with Gasteiger partial charge in [0.15, 0.2) is 6.29 Å². The molecule has 0 bridgehead atoms. The first-order valence-electron chi connectivity index (χ1n) is 27.6. The van der Waals surface area contributed by atoms with Crippen molar-refractivity contribution in [1.82, 2.24) is 5.32 Å². The molecule has 1 aliphatic rings. The summed E-state index contributed by atoms with van der Waals surface area (Å²) < 4.78 is 47.7. The Morgan fingerprint density at radius 2 is 1.01 bits per heavy atom. The van der Waals surface area contributed by atoms with E-state index in [0.29, 0.717) is 12.8 Å². The van der Waals surface area contributed by atoms with Gasteiger partial charge in [-0.2, -0.15) is 8.42 Å². The molecular weight excluding hydrogens is 899 g/mol. The number of rotatable bonds is 47. The van der Waals surface area contributed by atoms with E-state index in [1.54, 1.807) is 6.08 Å². The minimum absolute atomic E-state index is 0.224. The highest BCUT2D eigenvalue weighted by Crippen LogP contribution is 2.26. The molecule has 0 aromatic heterocycles. The van der Waals surface area contributed by atoms with Crippen molar-refractivity contribution in [2.75, 3.05) is 13.2 Å². The van der Waals surface area contributed by atoms with E-state index in [4.69, 9.17) is 9.47 Å². The van der Waals surface area contributed by atoms with E-state index in [1.807, 2.05) is 0 Å². The summed E-state index contributed by atoms with van der Waals surface area (Å²) >= 11 is 0. The number of aliphatic hydroxyl groups is 5. The Labute approximate surface area is 420 Å². The van der Waals surface area contributed by atoms with Gasteiger partial charge in [-0.1, -0.05) is 217 Å². The number of ether oxygens (including phenoxy) is 2. The second kappa shape index (κ2) is 44.7. The molecule has 8 atom stereocenters. The predicted molar refractivity (Wildman–Crippen MR) is 279 cm³/mol. The monoisotopic (exact) mass is 1000 g/mol. The fraction of sp³-hybridized carbons (Fsp3) is 0.836. The number of carbonyl (C=O) groups excluding carboxylic acids is 1. The molecular formula is C55H101NO12S. The largest absolute Gasteiger partial charge is 0.397 e. The number of hydrogen-bond donors (Lipinski definition) is 7. The molecule has 1 fully saturated rings. The van der Waals surface area contributed by atoms with Crippen LogP contribution in [0.25, 0.3) is 0 Å². The molecule has 7 N–H and O–H groups in total. The maximum atomic E-state index is 13.2. The van der Waals surface area contributed by atoms with Crippen LogP contribution in [0.15, 0.2) is 48.6 Å². The zero-order chi connectivity index (χ0) is 50.6. The van der Waals surface area contributed by atoms with Gasteiger partial charge in [0, 0.05) is 0 Å². The fourth-order valence-corrected chi connectivity index (χ4v) is 9.08. The Hall–Kier alpha value is -1.98. The van der Waals surface area contributed by atoms with E-state index < -0.39 is 78.5 Å². The summed E-state index contributed by atoms with van der Waals surface area (Å²) in [7, 11) is -5.13. The van der Waals surface area contributed by atoms with Crippen molar-refractivity contribution >= 4 is 16.3 Å². The van der Waals surface area contributed by atoms with Crippen LogP contribution in [0.5, 0.6) is 0 Å². The normalized spacial score (nSPS) is 20.5. The highest BCUT2D eigenvalue weighted by molar-refractivity contribution is 7.80. The molecule has 1 aliphatic heterocycles. The summed E-state index contributed by atoms with van der Waals surface area (Å²) in [6.45, 7) is 3.22. The van der Waals surface area contributed by atoms with E-state index in [0.717, 1.165) is 64.2 Å². The van der Waals surface area contributed by atoms with Crippen LogP contribution in [0.1, 0.15) is 232 Å². The summed E-state index contributed by atoms with van der Waals surface area (Å²) in [4.78, 5) is 13.2. The van der Waals surface area contributed by atoms with Crippen molar-refractivity contribution in [1.29, 1.82) is 0 Å². The van der Waals surface area contributed by atoms with Gasteiger partial charge in [-0.05, 0) is 64.2 Å². The number of hydrogen-bond acceptors (Lipinski definition) is 11. The van der Waals surface area contributed by atoms with Gasteiger partial charge in [-0.15, -0.1) is 0 Å². The van der Waals surface area contributed by atoms with Crippen LogP contribution in [0.2, 0.25) is 0 Å². The molecule has 0 radical (unpaired) electrons. The van der Waals surface area contributed by atoms with Crippen molar-refractivity contribution in [2.45, 2.75) is 281 Å². The van der Waals surface area contributed by atoms with Crippen LogP contribution in [-0.2, 0) is 28.9 Å². The van der Waals surface area contributed by atoms with E-state index in [9.17, 15) is 43.3 Å². The second-order valence-corrected chi connectivity index (χ2v) is 20.3. The van der Waals surface area contributed by atoms with Gasteiger partial charge in [0.1, 0.15) is 30.5 Å². The van der Waals surface area contributed by atoms with Gasteiger partial charge in [0.25, 0.3) is 0 Å². The first-order valence-corrected chi connectivity index (χ1v) is 29.0. The zero-order valence-electron chi connectivity index (χ0n) is 43.2. The molecule has 13 nitrogen and oxygen atoms in total. The molecule has 8 unspecified atom stereocenters. The first kappa shape index (κ1) is 65.0. The Kier molecular flexibility index (Phi) is 42.1. The summed E-state index contributed by atoms with van der Waals surface area (Å²) in [5, 5.41) is 55.4. The number of carbonyl (C=O) groups is 1.